The van der Waals surface area contributed by atoms with Gasteiger partial charge in [-0.3, -0.25) is 0 Å². The first kappa shape index (κ1) is 13.9. The SMILES string of the molecule is FC(F)(F)c1nc2ccccc2n1Cc1cccc(Cl)c1. The number of rotatable bonds is 2. The highest BCUT2D eigenvalue weighted by molar-refractivity contribution is 6.30. The van der Waals surface area contributed by atoms with Crippen molar-refractivity contribution in [1.29, 1.82) is 0 Å². The zero-order chi connectivity index (χ0) is 15.0. The maximum absolute atomic E-state index is 13.2. The second-order valence-corrected chi connectivity index (χ2v) is 5.07. The fraction of sp³-hybridized carbons (Fsp3) is 0.133. The third-order valence-electron chi connectivity index (χ3n) is 3.14. The molecular formula is C15H10ClF3N2. The van der Waals surface area contributed by atoms with Crippen LogP contribution < -0.4 is 0 Å². The summed E-state index contributed by atoms with van der Waals surface area (Å²) in [6.07, 6.45) is -4.50. The minimum Gasteiger partial charge on any atom is -0.316 e. The predicted octanol–water partition coefficient (Wildman–Crippen LogP) is 4.76. The molecule has 0 amide bonds. The van der Waals surface area contributed by atoms with Crippen LogP contribution in [-0.2, 0) is 12.7 Å². The Morgan fingerprint density at radius 2 is 1.81 bits per heavy atom. The average molecular weight is 311 g/mol. The van der Waals surface area contributed by atoms with Crippen molar-refractivity contribution in [2.75, 3.05) is 0 Å². The van der Waals surface area contributed by atoms with Crippen LogP contribution in [0, 0.1) is 0 Å². The van der Waals surface area contributed by atoms with Crippen molar-refractivity contribution >= 4 is 22.6 Å². The van der Waals surface area contributed by atoms with Crippen LogP contribution in [0.15, 0.2) is 48.5 Å². The Balaban J connectivity index is 2.15. The van der Waals surface area contributed by atoms with E-state index >= 15 is 0 Å². The summed E-state index contributed by atoms with van der Waals surface area (Å²) < 4.78 is 40.6. The Morgan fingerprint density at radius 1 is 1.05 bits per heavy atom. The van der Waals surface area contributed by atoms with Crippen molar-refractivity contribution in [1.82, 2.24) is 9.55 Å². The van der Waals surface area contributed by atoms with Gasteiger partial charge in [-0.1, -0.05) is 35.9 Å². The van der Waals surface area contributed by atoms with Gasteiger partial charge in [0, 0.05) is 11.6 Å². The molecule has 6 heteroatoms. The molecule has 0 unspecified atom stereocenters. The van der Waals surface area contributed by atoms with Crippen LogP contribution in [0.4, 0.5) is 13.2 Å². The molecule has 0 N–H and O–H groups in total. The van der Waals surface area contributed by atoms with Gasteiger partial charge in [-0.05, 0) is 29.8 Å². The van der Waals surface area contributed by atoms with E-state index in [0.29, 0.717) is 21.6 Å². The molecule has 1 aromatic heterocycles. The molecule has 2 aromatic carbocycles. The Bertz CT molecular complexity index is 793. The summed E-state index contributed by atoms with van der Waals surface area (Å²) in [6.45, 7) is 0.0654. The van der Waals surface area contributed by atoms with Crippen LogP contribution in [0.2, 0.25) is 5.02 Å². The summed E-state index contributed by atoms with van der Waals surface area (Å²) in [6, 6.07) is 13.3. The second-order valence-electron chi connectivity index (χ2n) is 4.64. The number of aromatic nitrogens is 2. The van der Waals surface area contributed by atoms with Gasteiger partial charge in [-0.2, -0.15) is 13.2 Å². The van der Waals surface area contributed by atoms with Crippen molar-refractivity contribution in [3.05, 3.63) is 64.9 Å². The number of alkyl halides is 3. The quantitative estimate of drug-likeness (QED) is 0.667. The zero-order valence-electron chi connectivity index (χ0n) is 10.7. The van der Waals surface area contributed by atoms with Crippen LogP contribution >= 0.6 is 11.6 Å². The lowest BCUT2D eigenvalue weighted by Crippen LogP contribution is -2.15. The topological polar surface area (TPSA) is 17.8 Å². The molecule has 0 fully saturated rings. The van der Waals surface area contributed by atoms with E-state index in [2.05, 4.69) is 4.98 Å². The van der Waals surface area contributed by atoms with E-state index in [0.717, 1.165) is 0 Å². The van der Waals surface area contributed by atoms with Gasteiger partial charge in [0.05, 0.1) is 11.0 Å². The predicted molar refractivity (Wildman–Crippen MR) is 75.3 cm³/mol. The Labute approximate surface area is 123 Å². The van der Waals surface area contributed by atoms with E-state index in [4.69, 9.17) is 11.6 Å². The normalized spacial score (nSPS) is 12.0. The van der Waals surface area contributed by atoms with Gasteiger partial charge in [0.25, 0.3) is 0 Å². The van der Waals surface area contributed by atoms with Crippen molar-refractivity contribution in [2.24, 2.45) is 0 Å². The molecule has 21 heavy (non-hydrogen) atoms. The first-order valence-corrected chi connectivity index (χ1v) is 6.60. The van der Waals surface area contributed by atoms with Crippen molar-refractivity contribution in [3.63, 3.8) is 0 Å². The molecule has 2 nitrogen and oxygen atoms in total. The first-order valence-electron chi connectivity index (χ1n) is 6.22. The highest BCUT2D eigenvalue weighted by Crippen LogP contribution is 2.32. The molecule has 0 bridgehead atoms. The number of nitrogens with zero attached hydrogens (tertiary/aromatic N) is 2. The number of halogens is 4. The van der Waals surface area contributed by atoms with Gasteiger partial charge in [0.15, 0.2) is 0 Å². The molecule has 0 radical (unpaired) electrons. The number of benzene rings is 2. The molecule has 0 saturated heterocycles. The fourth-order valence-electron chi connectivity index (χ4n) is 2.27. The maximum Gasteiger partial charge on any atom is 0.449 e. The summed E-state index contributed by atoms with van der Waals surface area (Å²) in [5.74, 6) is -0.899. The minimum atomic E-state index is -4.50. The molecule has 3 rings (SSSR count). The molecule has 0 spiro atoms. The van der Waals surface area contributed by atoms with Gasteiger partial charge < -0.3 is 4.57 Å². The molecule has 108 valence electrons. The Kier molecular flexibility index (Phi) is 3.37. The van der Waals surface area contributed by atoms with E-state index in [9.17, 15) is 13.2 Å². The molecule has 0 aliphatic heterocycles. The molecule has 0 saturated carbocycles. The third-order valence-corrected chi connectivity index (χ3v) is 3.37. The smallest absolute Gasteiger partial charge is 0.316 e. The van der Waals surface area contributed by atoms with Gasteiger partial charge in [-0.15, -0.1) is 0 Å². The van der Waals surface area contributed by atoms with E-state index in [1.165, 1.54) is 4.57 Å². The van der Waals surface area contributed by atoms with Crippen LogP contribution in [0.5, 0.6) is 0 Å². The van der Waals surface area contributed by atoms with E-state index in [-0.39, 0.29) is 6.54 Å². The second kappa shape index (κ2) is 5.07. The van der Waals surface area contributed by atoms with Gasteiger partial charge >= 0.3 is 6.18 Å². The molecule has 3 aromatic rings. The van der Waals surface area contributed by atoms with Gasteiger partial charge in [0.1, 0.15) is 0 Å². The molecule has 0 aliphatic rings. The number of hydrogen-bond donors (Lipinski definition) is 0. The third kappa shape index (κ3) is 2.74. The summed E-state index contributed by atoms with van der Waals surface area (Å²) in [5, 5.41) is 0.491. The number of imidazole rings is 1. The van der Waals surface area contributed by atoms with E-state index in [1.807, 2.05) is 0 Å². The number of hydrogen-bond acceptors (Lipinski definition) is 1. The summed E-state index contributed by atoms with van der Waals surface area (Å²) >= 11 is 5.89. The maximum atomic E-state index is 13.2. The van der Waals surface area contributed by atoms with Gasteiger partial charge in [-0.25, -0.2) is 4.98 Å². The summed E-state index contributed by atoms with van der Waals surface area (Å²) in [5.41, 5.74) is 1.47. The fourth-order valence-corrected chi connectivity index (χ4v) is 2.48. The van der Waals surface area contributed by atoms with Crippen molar-refractivity contribution in [3.8, 4) is 0 Å². The molecule has 0 aliphatic carbocycles. The zero-order valence-corrected chi connectivity index (χ0v) is 11.5. The van der Waals surface area contributed by atoms with E-state index < -0.39 is 12.0 Å². The van der Waals surface area contributed by atoms with Crippen LogP contribution in [0.25, 0.3) is 11.0 Å². The van der Waals surface area contributed by atoms with Crippen LogP contribution in [-0.4, -0.2) is 9.55 Å². The van der Waals surface area contributed by atoms with Crippen LogP contribution in [0.3, 0.4) is 0 Å². The lowest BCUT2D eigenvalue weighted by atomic mass is 10.2. The Morgan fingerprint density at radius 3 is 2.52 bits per heavy atom. The monoisotopic (exact) mass is 310 g/mol. The summed E-state index contributed by atoms with van der Waals surface area (Å²) in [4.78, 5) is 3.71. The largest absolute Gasteiger partial charge is 0.449 e. The first-order chi connectivity index (χ1) is 9.95. The number of fused-ring (bicyclic) bond motifs is 1. The van der Waals surface area contributed by atoms with E-state index in [1.54, 1.807) is 48.5 Å². The lowest BCUT2D eigenvalue weighted by molar-refractivity contribution is -0.146. The van der Waals surface area contributed by atoms with Crippen LogP contribution in [0.1, 0.15) is 11.4 Å². The molecule has 0 atom stereocenters. The Hall–Kier alpha value is -2.01. The highest BCUT2D eigenvalue weighted by Gasteiger charge is 2.37. The highest BCUT2D eigenvalue weighted by atomic mass is 35.5. The van der Waals surface area contributed by atoms with Crippen molar-refractivity contribution in [2.45, 2.75) is 12.7 Å². The molecular weight excluding hydrogens is 301 g/mol. The molecule has 1 heterocycles. The van der Waals surface area contributed by atoms with Crippen molar-refractivity contribution < 1.29 is 13.2 Å². The lowest BCUT2D eigenvalue weighted by Gasteiger charge is -2.11. The average Bonchev–Trinajstić information content (AvgIpc) is 2.78. The minimum absolute atomic E-state index is 0.0654. The van der Waals surface area contributed by atoms with Gasteiger partial charge in [0.2, 0.25) is 5.82 Å². The standard InChI is InChI=1S/C15H10ClF3N2/c16-11-5-3-4-10(8-11)9-21-13-7-2-1-6-12(13)20-14(21)15(17,18)19/h1-8H,9H2. The summed E-state index contributed by atoms with van der Waals surface area (Å²) in [7, 11) is 0. The number of para-hydroxylation sites is 2.